The van der Waals surface area contributed by atoms with Crippen molar-refractivity contribution in [1.82, 2.24) is 4.90 Å². The highest BCUT2D eigenvalue weighted by Crippen LogP contribution is 2.42. The third kappa shape index (κ3) is 4.40. The number of ether oxygens (including phenoxy) is 1. The van der Waals surface area contributed by atoms with E-state index in [9.17, 15) is 22.4 Å². The largest absolute Gasteiger partial charge is 0.444 e. The van der Waals surface area contributed by atoms with Gasteiger partial charge in [0, 0.05) is 24.4 Å². The van der Waals surface area contributed by atoms with Crippen LogP contribution in [0.15, 0.2) is 16.6 Å². The first-order chi connectivity index (χ1) is 10.9. The second-order valence-electron chi connectivity index (χ2n) is 6.85. The van der Waals surface area contributed by atoms with Gasteiger partial charge in [0.15, 0.2) is 0 Å². The molecule has 0 atom stereocenters. The normalized spacial score (nSPS) is 17.3. The van der Waals surface area contributed by atoms with Gasteiger partial charge in [0.1, 0.15) is 17.2 Å². The molecule has 1 aromatic rings. The fourth-order valence-electron chi connectivity index (χ4n) is 2.40. The lowest BCUT2D eigenvalue weighted by atomic mass is 9.86. The number of hydrogen-bond acceptors (Lipinski definition) is 2. The molecule has 0 N–H and O–H groups in total. The summed E-state index contributed by atoms with van der Waals surface area (Å²) in [5.74, 6) is -4.29. The summed E-state index contributed by atoms with van der Waals surface area (Å²) >= 11 is 2.94. The van der Waals surface area contributed by atoms with Crippen LogP contribution in [0.5, 0.6) is 0 Å². The van der Waals surface area contributed by atoms with Gasteiger partial charge in [-0.15, -0.1) is 0 Å². The topological polar surface area (TPSA) is 29.5 Å². The highest BCUT2D eigenvalue weighted by molar-refractivity contribution is 9.10. The van der Waals surface area contributed by atoms with E-state index in [0.29, 0.717) is 0 Å². The van der Waals surface area contributed by atoms with Crippen molar-refractivity contribution < 1.29 is 27.1 Å². The molecule has 1 aliphatic carbocycles. The summed E-state index contributed by atoms with van der Waals surface area (Å²) in [6.45, 7) is 4.55. The SMILES string of the molecule is CC(C)(C)OC(=O)N(Cc1c(F)ccc(F)c1Br)C1CC(F)(F)C1. The van der Waals surface area contributed by atoms with Gasteiger partial charge in [0.25, 0.3) is 5.92 Å². The molecule has 1 aliphatic rings. The molecule has 0 aliphatic heterocycles. The average molecular weight is 412 g/mol. The Labute approximate surface area is 146 Å². The number of alkyl halides is 2. The van der Waals surface area contributed by atoms with Gasteiger partial charge in [-0.05, 0) is 48.8 Å². The van der Waals surface area contributed by atoms with Crippen LogP contribution in [0.25, 0.3) is 0 Å². The summed E-state index contributed by atoms with van der Waals surface area (Å²) in [7, 11) is 0. The van der Waals surface area contributed by atoms with Crippen LogP contribution in [0.4, 0.5) is 22.4 Å². The molecule has 8 heteroatoms. The third-order valence-electron chi connectivity index (χ3n) is 3.60. The van der Waals surface area contributed by atoms with E-state index in [-0.39, 0.29) is 16.6 Å². The molecular formula is C16H18BrF4NO2. The first-order valence-electron chi connectivity index (χ1n) is 7.39. The van der Waals surface area contributed by atoms with E-state index in [4.69, 9.17) is 4.74 Å². The minimum Gasteiger partial charge on any atom is -0.444 e. The van der Waals surface area contributed by atoms with Gasteiger partial charge in [-0.2, -0.15) is 0 Å². The fourth-order valence-corrected chi connectivity index (χ4v) is 2.84. The molecule has 1 aromatic carbocycles. The lowest BCUT2D eigenvalue weighted by Gasteiger charge is -2.42. The predicted octanol–water partition coefficient (Wildman–Crippen LogP) is 5.26. The molecule has 0 spiro atoms. The van der Waals surface area contributed by atoms with Crippen LogP contribution in [0.1, 0.15) is 39.2 Å². The zero-order chi connectivity index (χ0) is 18.3. The maximum absolute atomic E-state index is 14.0. The average Bonchev–Trinajstić information content (AvgIpc) is 2.39. The number of carbonyl (C=O) groups excluding carboxylic acids is 1. The summed E-state index contributed by atoms with van der Waals surface area (Å²) < 4.78 is 59.1. The Hall–Kier alpha value is -1.31. The summed E-state index contributed by atoms with van der Waals surface area (Å²) in [6, 6.07) is 1.08. The van der Waals surface area contributed by atoms with Crippen LogP contribution in [-0.4, -0.2) is 28.6 Å². The summed E-state index contributed by atoms with van der Waals surface area (Å²) in [5.41, 5.74) is -0.949. The number of halogens is 5. The zero-order valence-corrected chi connectivity index (χ0v) is 15.1. The van der Waals surface area contributed by atoms with Crippen molar-refractivity contribution in [2.45, 2.75) is 57.7 Å². The molecule has 1 saturated carbocycles. The Morgan fingerprint density at radius 2 is 1.83 bits per heavy atom. The predicted molar refractivity (Wildman–Crippen MR) is 83.8 cm³/mol. The number of carbonyl (C=O) groups is 1. The molecule has 0 saturated heterocycles. The molecule has 0 radical (unpaired) electrons. The Morgan fingerprint density at radius 3 is 2.33 bits per heavy atom. The van der Waals surface area contributed by atoms with Gasteiger partial charge in [-0.25, -0.2) is 22.4 Å². The Morgan fingerprint density at radius 1 is 1.29 bits per heavy atom. The van der Waals surface area contributed by atoms with Gasteiger partial charge in [0.05, 0.1) is 11.0 Å². The summed E-state index contributed by atoms with van der Waals surface area (Å²) in [6.07, 6.45) is -1.89. The fraction of sp³-hybridized carbons (Fsp3) is 0.562. The molecule has 0 bridgehead atoms. The number of benzene rings is 1. The first-order valence-corrected chi connectivity index (χ1v) is 8.19. The molecule has 134 valence electrons. The Kier molecular flexibility index (Phi) is 5.18. The molecule has 0 unspecified atom stereocenters. The summed E-state index contributed by atoms with van der Waals surface area (Å²) in [5, 5.41) is 0. The van der Waals surface area contributed by atoms with Crippen molar-refractivity contribution in [2.75, 3.05) is 0 Å². The standard InChI is InChI=1S/C16H18BrF4NO2/c1-15(2,3)24-14(23)22(9-6-16(20,21)7-9)8-10-11(18)4-5-12(19)13(10)17/h4-5,9H,6-8H2,1-3H3. The van der Waals surface area contributed by atoms with E-state index in [1.807, 2.05) is 0 Å². The lowest BCUT2D eigenvalue weighted by Crippen LogP contribution is -2.53. The number of hydrogen-bond donors (Lipinski definition) is 0. The number of amides is 1. The van der Waals surface area contributed by atoms with Crippen LogP contribution in [0, 0.1) is 11.6 Å². The van der Waals surface area contributed by atoms with E-state index < -0.39 is 48.1 Å². The molecular weight excluding hydrogens is 394 g/mol. The molecule has 0 heterocycles. The van der Waals surface area contributed by atoms with Gasteiger partial charge in [-0.1, -0.05) is 0 Å². The minimum absolute atomic E-state index is 0.115. The van der Waals surface area contributed by atoms with Crippen molar-refractivity contribution in [1.29, 1.82) is 0 Å². The van der Waals surface area contributed by atoms with Gasteiger partial charge >= 0.3 is 6.09 Å². The quantitative estimate of drug-likeness (QED) is 0.501. The highest BCUT2D eigenvalue weighted by Gasteiger charge is 2.50. The second kappa shape index (κ2) is 6.54. The molecule has 1 fully saturated rings. The van der Waals surface area contributed by atoms with Crippen LogP contribution < -0.4 is 0 Å². The van der Waals surface area contributed by atoms with Gasteiger partial charge < -0.3 is 9.64 Å². The van der Waals surface area contributed by atoms with Crippen molar-refractivity contribution in [3.8, 4) is 0 Å². The van der Waals surface area contributed by atoms with Crippen LogP contribution >= 0.6 is 15.9 Å². The van der Waals surface area contributed by atoms with E-state index in [1.165, 1.54) is 0 Å². The number of rotatable bonds is 3. The van der Waals surface area contributed by atoms with Gasteiger partial charge in [0.2, 0.25) is 0 Å². The Bertz CT molecular complexity index is 638. The molecule has 0 aromatic heterocycles. The van der Waals surface area contributed by atoms with E-state index in [0.717, 1.165) is 17.0 Å². The zero-order valence-electron chi connectivity index (χ0n) is 13.5. The number of nitrogens with zero attached hydrogens (tertiary/aromatic N) is 1. The highest BCUT2D eigenvalue weighted by atomic mass is 79.9. The minimum atomic E-state index is -2.86. The second-order valence-corrected chi connectivity index (χ2v) is 7.64. The van der Waals surface area contributed by atoms with Gasteiger partial charge in [-0.3, -0.25) is 0 Å². The van der Waals surface area contributed by atoms with Crippen molar-refractivity contribution in [2.24, 2.45) is 0 Å². The van der Waals surface area contributed by atoms with Crippen molar-refractivity contribution >= 4 is 22.0 Å². The van der Waals surface area contributed by atoms with E-state index in [2.05, 4.69) is 15.9 Å². The maximum Gasteiger partial charge on any atom is 0.410 e. The van der Waals surface area contributed by atoms with Crippen LogP contribution in [-0.2, 0) is 11.3 Å². The third-order valence-corrected chi connectivity index (χ3v) is 4.46. The van der Waals surface area contributed by atoms with E-state index in [1.54, 1.807) is 20.8 Å². The smallest absolute Gasteiger partial charge is 0.410 e. The Balaban J connectivity index is 2.27. The van der Waals surface area contributed by atoms with Crippen LogP contribution in [0.2, 0.25) is 0 Å². The molecule has 3 nitrogen and oxygen atoms in total. The maximum atomic E-state index is 14.0. The monoisotopic (exact) mass is 411 g/mol. The molecule has 1 amide bonds. The van der Waals surface area contributed by atoms with Crippen molar-refractivity contribution in [3.05, 3.63) is 33.8 Å². The molecule has 24 heavy (non-hydrogen) atoms. The first kappa shape index (κ1) is 19.0. The summed E-state index contributed by atoms with van der Waals surface area (Å²) in [4.78, 5) is 13.4. The molecule has 2 rings (SSSR count). The lowest BCUT2D eigenvalue weighted by molar-refractivity contribution is -0.124. The van der Waals surface area contributed by atoms with Crippen LogP contribution in [0.3, 0.4) is 0 Å². The van der Waals surface area contributed by atoms with Crippen molar-refractivity contribution in [3.63, 3.8) is 0 Å². The van der Waals surface area contributed by atoms with E-state index >= 15 is 0 Å².